The van der Waals surface area contributed by atoms with Gasteiger partial charge in [0.05, 0.1) is 23.0 Å². The molecule has 0 radical (unpaired) electrons. The van der Waals surface area contributed by atoms with Gasteiger partial charge in [0.2, 0.25) is 0 Å². The topological polar surface area (TPSA) is 169 Å². The lowest BCUT2D eigenvalue weighted by Crippen LogP contribution is -2.15. The Morgan fingerprint density at radius 3 is 1.04 bits per heavy atom. The minimum Gasteiger partial charge on any atom is -0.394 e. The molecule has 11 heteroatoms. The van der Waals surface area contributed by atoms with Crippen molar-refractivity contribution in [2.24, 2.45) is 0 Å². The zero-order chi connectivity index (χ0) is 20.2. The maximum absolute atomic E-state index is 10.4. The summed E-state index contributed by atoms with van der Waals surface area (Å²) in [5.74, 6) is 0. The summed E-state index contributed by atoms with van der Waals surface area (Å²) in [7, 11) is -8.01. The first-order chi connectivity index (χ1) is 12.0. The second-order valence-electron chi connectivity index (χ2n) is 4.60. The van der Waals surface area contributed by atoms with Gasteiger partial charge in [0.1, 0.15) is 6.10 Å². The van der Waals surface area contributed by atoms with Crippen LogP contribution in [0.5, 0.6) is 0 Å². The van der Waals surface area contributed by atoms with Crippen LogP contribution in [0.3, 0.4) is 0 Å². The van der Waals surface area contributed by atoms with Crippen molar-refractivity contribution in [1.82, 2.24) is 0 Å². The molecular weight excluding hydrogens is 388 g/mol. The summed E-state index contributed by atoms with van der Waals surface area (Å²) in [6.45, 7) is -0.729. The lowest BCUT2D eigenvalue weighted by atomic mass is 10.4. The SMILES string of the molecule is O=S(=O)(O)c1ccccc1.O=S(=O)(O)c1ccccc1.OCC(O)CO. The van der Waals surface area contributed by atoms with E-state index in [1.165, 1.54) is 24.3 Å². The fourth-order valence-electron chi connectivity index (χ4n) is 1.24. The Morgan fingerprint density at radius 1 is 0.654 bits per heavy atom. The Morgan fingerprint density at radius 2 is 0.923 bits per heavy atom. The monoisotopic (exact) mass is 408 g/mol. The van der Waals surface area contributed by atoms with Crippen LogP contribution >= 0.6 is 0 Å². The van der Waals surface area contributed by atoms with Gasteiger partial charge in [-0.3, -0.25) is 9.11 Å². The Hall–Kier alpha value is -1.86. The van der Waals surface area contributed by atoms with E-state index in [-0.39, 0.29) is 23.0 Å². The van der Waals surface area contributed by atoms with Gasteiger partial charge in [0.15, 0.2) is 0 Å². The molecule has 0 aliphatic rings. The molecule has 2 aromatic carbocycles. The van der Waals surface area contributed by atoms with Gasteiger partial charge in [-0.1, -0.05) is 36.4 Å². The normalized spacial score (nSPS) is 11.0. The van der Waals surface area contributed by atoms with E-state index < -0.39 is 26.3 Å². The second-order valence-corrected chi connectivity index (χ2v) is 7.44. The van der Waals surface area contributed by atoms with Gasteiger partial charge < -0.3 is 15.3 Å². The van der Waals surface area contributed by atoms with Crippen LogP contribution in [0, 0.1) is 0 Å². The highest BCUT2D eigenvalue weighted by atomic mass is 32.2. The fourth-order valence-corrected chi connectivity index (χ4v) is 2.24. The number of hydrogen-bond acceptors (Lipinski definition) is 7. The molecule has 0 spiro atoms. The van der Waals surface area contributed by atoms with Crippen molar-refractivity contribution >= 4 is 20.2 Å². The number of rotatable bonds is 4. The molecule has 0 atom stereocenters. The third-order valence-corrected chi connectivity index (χ3v) is 4.24. The van der Waals surface area contributed by atoms with E-state index in [4.69, 9.17) is 24.4 Å². The summed E-state index contributed by atoms with van der Waals surface area (Å²) < 4.78 is 58.5. The minimum absolute atomic E-state index is 0.0741. The molecular formula is C15H20O9S2. The van der Waals surface area contributed by atoms with E-state index in [1.54, 1.807) is 36.4 Å². The van der Waals surface area contributed by atoms with Gasteiger partial charge in [-0.05, 0) is 24.3 Å². The number of benzene rings is 2. The van der Waals surface area contributed by atoms with Crippen molar-refractivity contribution in [3.8, 4) is 0 Å². The summed E-state index contributed by atoms with van der Waals surface area (Å²) in [4.78, 5) is -0.148. The first kappa shape index (κ1) is 24.1. The van der Waals surface area contributed by atoms with Gasteiger partial charge in [-0.15, -0.1) is 0 Å². The molecule has 0 aliphatic carbocycles. The van der Waals surface area contributed by atoms with Crippen molar-refractivity contribution < 1.29 is 41.3 Å². The van der Waals surface area contributed by atoms with Crippen molar-refractivity contribution in [3.63, 3.8) is 0 Å². The highest BCUT2D eigenvalue weighted by Crippen LogP contribution is 2.05. The van der Waals surface area contributed by atoms with Gasteiger partial charge in [0, 0.05) is 0 Å². The molecule has 9 nitrogen and oxygen atoms in total. The van der Waals surface area contributed by atoms with Crippen LogP contribution in [0.4, 0.5) is 0 Å². The molecule has 2 aromatic rings. The lowest BCUT2D eigenvalue weighted by Gasteiger charge is -1.96. The molecule has 0 heterocycles. The average Bonchev–Trinajstić information content (AvgIpc) is 2.62. The molecule has 0 aliphatic heterocycles. The van der Waals surface area contributed by atoms with Crippen LogP contribution in [-0.2, 0) is 20.2 Å². The third-order valence-electron chi connectivity index (χ3n) is 2.50. The number of aliphatic hydroxyl groups excluding tert-OH is 3. The van der Waals surface area contributed by atoms with Gasteiger partial charge in [0.25, 0.3) is 20.2 Å². The van der Waals surface area contributed by atoms with Gasteiger partial charge in [-0.2, -0.15) is 16.8 Å². The zero-order valence-corrected chi connectivity index (χ0v) is 15.1. The molecule has 5 N–H and O–H groups in total. The van der Waals surface area contributed by atoms with Crippen molar-refractivity contribution in [1.29, 1.82) is 0 Å². The molecule has 26 heavy (non-hydrogen) atoms. The van der Waals surface area contributed by atoms with Crippen LogP contribution < -0.4 is 0 Å². The predicted molar refractivity (Wildman–Crippen MR) is 92.7 cm³/mol. The molecule has 2 rings (SSSR count). The maximum Gasteiger partial charge on any atom is 0.294 e. The Balaban J connectivity index is 0.000000375. The standard InChI is InChI=1S/2C6H6O3S.C3H8O3/c2*7-10(8,9)6-4-2-1-3-5-6;4-1-3(6)2-5/h2*1-5H,(H,7,8,9);3-6H,1-2H2. The predicted octanol–water partition coefficient (Wildman–Crippen LogP) is 0.199. The second kappa shape index (κ2) is 11.7. The quantitative estimate of drug-likeness (QED) is 0.443. The molecule has 0 saturated carbocycles. The summed E-state index contributed by atoms with van der Waals surface area (Å²) >= 11 is 0. The average molecular weight is 408 g/mol. The maximum atomic E-state index is 10.4. The molecule has 0 saturated heterocycles. The van der Waals surface area contributed by atoms with Gasteiger partial charge in [-0.25, -0.2) is 0 Å². The van der Waals surface area contributed by atoms with E-state index in [9.17, 15) is 16.8 Å². The van der Waals surface area contributed by atoms with E-state index >= 15 is 0 Å². The summed E-state index contributed by atoms with van der Waals surface area (Å²) in [5, 5.41) is 24.0. The van der Waals surface area contributed by atoms with Crippen molar-refractivity contribution in [2.45, 2.75) is 15.9 Å². The largest absolute Gasteiger partial charge is 0.394 e. The number of aliphatic hydroxyl groups is 3. The molecule has 0 aromatic heterocycles. The van der Waals surface area contributed by atoms with E-state index in [0.717, 1.165) is 0 Å². The van der Waals surface area contributed by atoms with Crippen molar-refractivity contribution in [3.05, 3.63) is 60.7 Å². The van der Waals surface area contributed by atoms with E-state index in [0.29, 0.717) is 0 Å². The minimum atomic E-state index is -4.00. The first-order valence-corrected chi connectivity index (χ1v) is 9.85. The van der Waals surface area contributed by atoms with Gasteiger partial charge >= 0.3 is 0 Å². The zero-order valence-electron chi connectivity index (χ0n) is 13.5. The summed E-state index contributed by atoms with van der Waals surface area (Å²) in [6.07, 6.45) is -0.954. The molecule has 0 unspecified atom stereocenters. The van der Waals surface area contributed by atoms with Crippen LogP contribution in [0.15, 0.2) is 70.5 Å². The van der Waals surface area contributed by atoms with Crippen LogP contribution in [0.1, 0.15) is 0 Å². The van der Waals surface area contributed by atoms with Crippen LogP contribution in [0.2, 0.25) is 0 Å². The molecule has 0 amide bonds. The Labute approximate surface area is 151 Å². The van der Waals surface area contributed by atoms with E-state index in [2.05, 4.69) is 0 Å². The summed E-state index contributed by atoms with van der Waals surface area (Å²) in [5.41, 5.74) is 0. The van der Waals surface area contributed by atoms with Crippen molar-refractivity contribution in [2.75, 3.05) is 13.2 Å². The fraction of sp³-hybridized carbons (Fsp3) is 0.200. The van der Waals surface area contributed by atoms with E-state index in [1.807, 2.05) is 0 Å². The Bertz CT molecular complexity index is 748. The summed E-state index contributed by atoms with van der Waals surface area (Å²) in [6, 6.07) is 14.8. The third kappa shape index (κ3) is 10.9. The first-order valence-electron chi connectivity index (χ1n) is 6.97. The molecule has 0 fully saturated rings. The molecule has 146 valence electrons. The van der Waals surface area contributed by atoms with Crippen LogP contribution in [-0.4, -0.2) is 60.6 Å². The smallest absolute Gasteiger partial charge is 0.294 e. The molecule has 0 bridgehead atoms. The lowest BCUT2D eigenvalue weighted by molar-refractivity contribution is 0.0450. The highest BCUT2D eigenvalue weighted by molar-refractivity contribution is 7.86. The Kier molecular flexibility index (Phi) is 10.9. The highest BCUT2D eigenvalue weighted by Gasteiger charge is 2.06. The number of hydrogen-bond donors (Lipinski definition) is 5. The van der Waals surface area contributed by atoms with Crippen LogP contribution in [0.25, 0.3) is 0 Å².